The Morgan fingerprint density at radius 3 is 2.39 bits per heavy atom. The summed E-state index contributed by atoms with van der Waals surface area (Å²) in [4.78, 5) is 13.3. The standard InChI is InChI=1S/C22H21Cl2NO4S2/c1-14(2)17-9-19(30-13-17)12-29-11-15-3-5-16(6-4-15)22(26)25-31(27,28)21-8-7-18(23)10-20(21)24/h3-10,13-14H,11-12H2,1-2H3,(H,25,26). The number of amides is 1. The third-order valence-corrected chi connectivity index (χ3v) is 7.46. The Kier molecular flexibility index (Phi) is 7.78. The smallest absolute Gasteiger partial charge is 0.265 e. The van der Waals surface area contributed by atoms with Gasteiger partial charge in [0.25, 0.3) is 15.9 Å². The van der Waals surface area contributed by atoms with Crippen LogP contribution in [0.3, 0.4) is 0 Å². The van der Waals surface area contributed by atoms with E-state index in [1.807, 2.05) is 4.72 Å². The predicted octanol–water partition coefficient (Wildman–Crippen LogP) is 6.01. The van der Waals surface area contributed by atoms with Crippen molar-refractivity contribution < 1.29 is 17.9 Å². The molecule has 0 aliphatic rings. The number of sulfonamides is 1. The van der Waals surface area contributed by atoms with E-state index in [1.54, 1.807) is 35.6 Å². The van der Waals surface area contributed by atoms with Crippen molar-refractivity contribution in [3.05, 3.63) is 85.5 Å². The zero-order valence-electron chi connectivity index (χ0n) is 16.9. The maximum atomic E-state index is 12.5. The number of halogens is 2. The summed E-state index contributed by atoms with van der Waals surface area (Å²) in [7, 11) is -4.13. The first-order chi connectivity index (χ1) is 14.7. The lowest BCUT2D eigenvalue weighted by atomic mass is 10.1. The van der Waals surface area contributed by atoms with Gasteiger partial charge in [0.1, 0.15) is 4.90 Å². The lowest BCUT2D eigenvalue weighted by Crippen LogP contribution is -2.30. The largest absolute Gasteiger partial charge is 0.371 e. The molecule has 164 valence electrons. The molecule has 0 bridgehead atoms. The number of hydrogen-bond acceptors (Lipinski definition) is 5. The maximum Gasteiger partial charge on any atom is 0.265 e. The van der Waals surface area contributed by atoms with Crippen LogP contribution in [-0.2, 0) is 28.0 Å². The van der Waals surface area contributed by atoms with Crippen molar-refractivity contribution in [3.63, 3.8) is 0 Å². The lowest BCUT2D eigenvalue weighted by molar-refractivity contribution is 0.0980. The molecule has 31 heavy (non-hydrogen) atoms. The number of hydrogen-bond donors (Lipinski definition) is 1. The van der Waals surface area contributed by atoms with E-state index < -0.39 is 15.9 Å². The van der Waals surface area contributed by atoms with Gasteiger partial charge in [-0.2, -0.15) is 0 Å². The molecular weight excluding hydrogens is 477 g/mol. The number of benzene rings is 2. The second kappa shape index (κ2) is 10.1. The van der Waals surface area contributed by atoms with Crippen LogP contribution >= 0.6 is 34.5 Å². The van der Waals surface area contributed by atoms with Crippen molar-refractivity contribution in [2.75, 3.05) is 0 Å². The summed E-state index contributed by atoms with van der Waals surface area (Å²) in [6.45, 7) is 5.20. The van der Waals surface area contributed by atoms with E-state index in [1.165, 1.54) is 23.8 Å². The molecule has 0 atom stereocenters. The zero-order chi connectivity index (χ0) is 22.6. The van der Waals surface area contributed by atoms with Gasteiger partial charge in [-0.05, 0) is 58.8 Å². The molecule has 0 fully saturated rings. The van der Waals surface area contributed by atoms with Crippen LogP contribution in [-0.4, -0.2) is 14.3 Å². The molecule has 0 saturated carbocycles. The predicted molar refractivity (Wildman–Crippen MR) is 124 cm³/mol. The molecule has 3 aromatic rings. The van der Waals surface area contributed by atoms with Crippen LogP contribution in [0.5, 0.6) is 0 Å². The summed E-state index contributed by atoms with van der Waals surface area (Å²) in [5, 5.41) is 2.38. The fourth-order valence-electron chi connectivity index (χ4n) is 2.73. The second-order valence-electron chi connectivity index (χ2n) is 7.20. The Morgan fingerprint density at radius 2 is 1.77 bits per heavy atom. The van der Waals surface area contributed by atoms with Crippen LogP contribution in [0.15, 0.2) is 58.8 Å². The summed E-state index contributed by atoms with van der Waals surface area (Å²) >= 11 is 13.4. The van der Waals surface area contributed by atoms with Gasteiger partial charge in [0.2, 0.25) is 0 Å². The first-order valence-corrected chi connectivity index (χ1v) is 12.5. The minimum Gasteiger partial charge on any atom is -0.371 e. The van der Waals surface area contributed by atoms with Crippen LogP contribution in [0, 0.1) is 0 Å². The monoisotopic (exact) mass is 497 g/mol. The maximum absolute atomic E-state index is 12.5. The van der Waals surface area contributed by atoms with Crippen molar-refractivity contribution >= 4 is 50.5 Å². The van der Waals surface area contributed by atoms with Gasteiger partial charge in [0.05, 0.1) is 18.2 Å². The van der Waals surface area contributed by atoms with E-state index in [9.17, 15) is 13.2 Å². The average molecular weight is 498 g/mol. The highest BCUT2D eigenvalue weighted by Crippen LogP contribution is 2.25. The Bertz CT molecular complexity index is 1170. The number of ether oxygens (including phenoxy) is 1. The van der Waals surface area contributed by atoms with Crippen molar-refractivity contribution in [3.8, 4) is 0 Å². The summed E-state index contributed by atoms with van der Waals surface area (Å²) in [6.07, 6.45) is 0. The van der Waals surface area contributed by atoms with Crippen LogP contribution < -0.4 is 4.72 Å². The van der Waals surface area contributed by atoms with Gasteiger partial charge in [-0.1, -0.05) is 49.2 Å². The average Bonchev–Trinajstić information content (AvgIpc) is 3.17. The van der Waals surface area contributed by atoms with Crippen LogP contribution in [0.2, 0.25) is 10.0 Å². The summed E-state index contributed by atoms with van der Waals surface area (Å²) in [5.41, 5.74) is 2.38. The van der Waals surface area contributed by atoms with Gasteiger partial charge >= 0.3 is 0 Å². The molecule has 9 heteroatoms. The van der Waals surface area contributed by atoms with E-state index in [0.717, 1.165) is 10.4 Å². The minimum absolute atomic E-state index is 0.0634. The Morgan fingerprint density at radius 1 is 1.06 bits per heavy atom. The van der Waals surface area contributed by atoms with Crippen LogP contribution in [0.4, 0.5) is 0 Å². The van der Waals surface area contributed by atoms with E-state index in [-0.39, 0.29) is 15.5 Å². The van der Waals surface area contributed by atoms with Crippen molar-refractivity contribution in [1.82, 2.24) is 4.72 Å². The number of nitrogens with one attached hydrogen (secondary N) is 1. The summed E-state index contributed by atoms with van der Waals surface area (Å²) in [6, 6.07) is 12.6. The molecule has 1 amide bonds. The first kappa shape index (κ1) is 23.8. The van der Waals surface area contributed by atoms with E-state index in [4.69, 9.17) is 27.9 Å². The molecule has 3 rings (SSSR count). The van der Waals surface area contributed by atoms with Gasteiger partial charge in [0.15, 0.2) is 0 Å². The Balaban J connectivity index is 1.58. The molecule has 1 aromatic heterocycles. The van der Waals surface area contributed by atoms with Gasteiger partial charge in [-0.25, -0.2) is 13.1 Å². The molecular formula is C22H21Cl2NO4S2. The fraction of sp³-hybridized carbons (Fsp3) is 0.227. The number of carbonyl (C=O) groups excluding carboxylic acids is 1. The lowest BCUT2D eigenvalue weighted by Gasteiger charge is -2.09. The van der Waals surface area contributed by atoms with Crippen molar-refractivity contribution in [2.24, 2.45) is 0 Å². The summed E-state index contributed by atoms with van der Waals surface area (Å²) in [5.74, 6) is -0.262. The van der Waals surface area contributed by atoms with Crippen LogP contribution in [0.1, 0.15) is 46.1 Å². The first-order valence-electron chi connectivity index (χ1n) is 9.42. The minimum atomic E-state index is -4.13. The Labute approximate surface area is 196 Å². The van der Waals surface area contributed by atoms with Gasteiger partial charge < -0.3 is 4.74 Å². The van der Waals surface area contributed by atoms with Gasteiger partial charge in [-0.15, -0.1) is 11.3 Å². The highest BCUT2D eigenvalue weighted by atomic mass is 35.5. The highest BCUT2D eigenvalue weighted by molar-refractivity contribution is 7.90. The number of thiophene rings is 1. The molecule has 5 nitrogen and oxygen atoms in total. The summed E-state index contributed by atoms with van der Waals surface area (Å²) < 4.78 is 32.7. The van der Waals surface area contributed by atoms with Crippen LogP contribution in [0.25, 0.3) is 0 Å². The zero-order valence-corrected chi connectivity index (χ0v) is 20.0. The molecule has 0 aliphatic heterocycles. The molecule has 2 aromatic carbocycles. The topological polar surface area (TPSA) is 72.5 Å². The third kappa shape index (κ3) is 6.30. The fourth-order valence-corrected chi connectivity index (χ4v) is 5.46. The Hall–Kier alpha value is -1.90. The highest BCUT2D eigenvalue weighted by Gasteiger charge is 2.21. The normalized spacial score (nSPS) is 11.6. The van der Waals surface area contributed by atoms with E-state index >= 15 is 0 Å². The third-order valence-electron chi connectivity index (χ3n) is 4.48. The molecule has 0 saturated heterocycles. The number of rotatable bonds is 8. The molecule has 0 radical (unpaired) electrons. The van der Waals surface area contributed by atoms with Gasteiger partial charge in [-0.3, -0.25) is 4.79 Å². The molecule has 0 aliphatic carbocycles. The molecule has 0 spiro atoms. The quantitative estimate of drug-likeness (QED) is 0.413. The van der Waals surface area contributed by atoms with E-state index in [0.29, 0.717) is 24.2 Å². The molecule has 1 N–H and O–H groups in total. The van der Waals surface area contributed by atoms with E-state index in [2.05, 4.69) is 25.3 Å². The van der Waals surface area contributed by atoms with Crippen molar-refractivity contribution in [1.29, 1.82) is 0 Å². The second-order valence-corrected chi connectivity index (χ2v) is 10.7. The SMILES string of the molecule is CC(C)c1csc(COCc2ccc(C(=O)NS(=O)(=O)c3ccc(Cl)cc3Cl)cc2)c1. The number of carbonyl (C=O) groups is 1. The molecule has 1 heterocycles. The molecule has 0 unspecified atom stereocenters. The van der Waals surface area contributed by atoms with Gasteiger partial charge in [0, 0.05) is 15.5 Å². The van der Waals surface area contributed by atoms with Crippen molar-refractivity contribution in [2.45, 2.75) is 37.9 Å².